The first-order valence-electron chi connectivity index (χ1n) is 5.99. The van der Waals surface area contributed by atoms with E-state index in [1.165, 1.54) is 36.2 Å². The summed E-state index contributed by atoms with van der Waals surface area (Å²) >= 11 is 0. The highest BCUT2D eigenvalue weighted by atomic mass is 15.0. The lowest BCUT2D eigenvalue weighted by Crippen LogP contribution is -2.13. The van der Waals surface area contributed by atoms with E-state index < -0.39 is 0 Å². The molecule has 0 saturated heterocycles. The molecule has 0 spiro atoms. The van der Waals surface area contributed by atoms with E-state index in [4.69, 9.17) is 0 Å². The number of imidazole rings is 1. The number of nitrogens with one attached hydrogen (secondary N) is 1. The Hall–Kier alpha value is -1.35. The molecule has 1 aliphatic carbocycles. The maximum Gasteiger partial charge on any atom is 0.116 e. The second-order valence-electron chi connectivity index (χ2n) is 4.56. The second kappa shape index (κ2) is 3.91. The van der Waals surface area contributed by atoms with Crippen LogP contribution in [0.5, 0.6) is 0 Å². The van der Waals surface area contributed by atoms with Crippen molar-refractivity contribution in [2.75, 3.05) is 7.05 Å². The molecule has 16 heavy (non-hydrogen) atoms. The molecule has 2 heterocycles. The van der Waals surface area contributed by atoms with Crippen LogP contribution >= 0.6 is 0 Å². The lowest BCUT2D eigenvalue weighted by molar-refractivity contribution is 0.400. The smallest absolute Gasteiger partial charge is 0.116 e. The Bertz CT molecular complexity index is 497. The van der Waals surface area contributed by atoms with Gasteiger partial charge in [0, 0.05) is 18.7 Å². The summed E-state index contributed by atoms with van der Waals surface area (Å²) in [6.07, 6.45) is 8.11. The summed E-state index contributed by atoms with van der Waals surface area (Å²) in [4.78, 5) is 4.60. The number of fused-ring (bicyclic) bond motifs is 1. The van der Waals surface area contributed by atoms with E-state index >= 15 is 0 Å². The zero-order valence-corrected chi connectivity index (χ0v) is 9.61. The predicted octanol–water partition coefficient (Wildman–Crippen LogP) is 2.32. The number of rotatable bonds is 3. The lowest BCUT2D eigenvalue weighted by atomic mass is 9.85. The van der Waals surface area contributed by atoms with Crippen molar-refractivity contribution in [2.45, 2.75) is 31.7 Å². The Labute approximate surface area is 95.5 Å². The first-order chi connectivity index (χ1) is 7.90. The highest BCUT2D eigenvalue weighted by Crippen LogP contribution is 2.35. The van der Waals surface area contributed by atoms with Gasteiger partial charge in [0.25, 0.3) is 0 Å². The Morgan fingerprint density at radius 1 is 1.50 bits per heavy atom. The van der Waals surface area contributed by atoms with Gasteiger partial charge in [-0.3, -0.25) is 0 Å². The zero-order valence-electron chi connectivity index (χ0n) is 9.61. The highest BCUT2D eigenvalue weighted by molar-refractivity contribution is 5.54. The van der Waals surface area contributed by atoms with Crippen molar-refractivity contribution in [3.63, 3.8) is 0 Å². The molecule has 0 aliphatic heterocycles. The topological polar surface area (TPSA) is 29.3 Å². The molecule has 0 radical (unpaired) electrons. The van der Waals surface area contributed by atoms with Crippen LogP contribution in [0.2, 0.25) is 0 Å². The second-order valence-corrected chi connectivity index (χ2v) is 4.56. The van der Waals surface area contributed by atoms with Gasteiger partial charge in [0.1, 0.15) is 5.82 Å². The quantitative estimate of drug-likeness (QED) is 0.851. The van der Waals surface area contributed by atoms with Gasteiger partial charge in [-0.15, -0.1) is 0 Å². The summed E-state index contributed by atoms with van der Waals surface area (Å²) in [6, 6.07) is 4.28. The minimum Gasteiger partial charge on any atom is -0.316 e. The molecular weight excluding hydrogens is 198 g/mol. The van der Waals surface area contributed by atoms with Crippen molar-refractivity contribution >= 4 is 5.52 Å². The summed E-state index contributed by atoms with van der Waals surface area (Å²) in [5.41, 5.74) is 2.57. The molecule has 3 heteroatoms. The molecule has 0 aromatic carbocycles. The van der Waals surface area contributed by atoms with E-state index in [1.54, 1.807) is 0 Å². The van der Waals surface area contributed by atoms with Gasteiger partial charge in [-0.2, -0.15) is 0 Å². The van der Waals surface area contributed by atoms with Gasteiger partial charge >= 0.3 is 0 Å². The Morgan fingerprint density at radius 2 is 2.38 bits per heavy atom. The summed E-state index contributed by atoms with van der Waals surface area (Å²) in [6.45, 7) is 0.903. The fourth-order valence-electron chi connectivity index (χ4n) is 2.41. The average Bonchev–Trinajstić information content (AvgIpc) is 2.62. The standard InChI is InChI=1S/C13H17N3/c1-14-8-11-6-3-7-16-12(11)9-15-13(16)10-4-2-5-10/h3,6-7,9-10,14H,2,4-5,8H2,1H3. The van der Waals surface area contributed by atoms with E-state index in [0.29, 0.717) is 5.92 Å². The third-order valence-corrected chi connectivity index (χ3v) is 3.52. The average molecular weight is 215 g/mol. The van der Waals surface area contributed by atoms with Gasteiger partial charge < -0.3 is 9.72 Å². The SMILES string of the molecule is CNCc1cccn2c(C3CCC3)ncc12. The van der Waals surface area contributed by atoms with Crippen molar-refractivity contribution in [1.82, 2.24) is 14.7 Å². The van der Waals surface area contributed by atoms with E-state index in [0.717, 1.165) is 6.54 Å². The van der Waals surface area contributed by atoms with E-state index in [1.807, 2.05) is 13.2 Å². The molecule has 1 saturated carbocycles. The molecule has 1 N–H and O–H groups in total. The number of hydrogen-bond acceptors (Lipinski definition) is 2. The van der Waals surface area contributed by atoms with Crippen LogP contribution in [0.3, 0.4) is 0 Å². The molecule has 1 fully saturated rings. The number of aromatic nitrogens is 2. The van der Waals surface area contributed by atoms with Crippen LogP contribution < -0.4 is 5.32 Å². The minimum atomic E-state index is 0.687. The van der Waals surface area contributed by atoms with Crippen LogP contribution in [0.15, 0.2) is 24.5 Å². The van der Waals surface area contributed by atoms with Crippen molar-refractivity contribution in [3.8, 4) is 0 Å². The fraction of sp³-hybridized carbons (Fsp3) is 0.462. The summed E-state index contributed by atoms with van der Waals surface area (Å²) in [5.74, 6) is 1.94. The molecule has 0 atom stereocenters. The molecule has 2 aromatic heterocycles. The van der Waals surface area contributed by atoms with Crippen LogP contribution in [0.4, 0.5) is 0 Å². The largest absolute Gasteiger partial charge is 0.316 e. The van der Waals surface area contributed by atoms with E-state index in [-0.39, 0.29) is 0 Å². The van der Waals surface area contributed by atoms with Crippen LogP contribution in [-0.4, -0.2) is 16.4 Å². The van der Waals surface area contributed by atoms with Crippen LogP contribution in [0, 0.1) is 0 Å². The van der Waals surface area contributed by atoms with Gasteiger partial charge in [-0.1, -0.05) is 12.5 Å². The fourth-order valence-corrected chi connectivity index (χ4v) is 2.41. The van der Waals surface area contributed by atoms with Crippen LogP contribution in [-0.2, 0) is 6.54 Å². The van der Waals surface area contributed by atoms with Gasteiger partial charge in [0.05, 0.1) is 11.7 Å². The Morgan fingerprint density at radius 3 is 3.06 bits per heavy atom. The van der Waals surface area contributed by atoms with Crippen molar-refractivity contribution in [3.05, 3.63) is 35.9 Å². The molecule has 2 aromatic rings. The minimum absolute atomic E-state index is 0.687. The molecule has 0 bridgehead atoms. The maximum absolute atomic E-state index is 4.60. The summed E-state index contributed by atoms with van der Waals surface area (Å²) in [7, 11) is 1.98. The first-order valence-corrected chi connectivity index (χ1v) is 5.99. The van der Waals surface area contributed by atoms with Crippen molar-refractivity contribution in [1.29, 1.82) is 0 Å². The van der Waals surface area contributed by atoms with Gasteiger partial charge in [0.2, 0.25) is 0 Å². The highest BCUT2D eigenvalue weighted by Gasteiger charge is 2.23. The predicted molar refractivity (Wildman–Crippen MR) is 64.5 cm³/mol. The monoisotopic (exact) mass is 215 g/mol. The first kappa shape index (κ1) is 9.85. The maximum atomic E-state index is 4.60. The number of nitrogens with zero attached hydrogens (tertiary/aromatic N) is 2. The van der Waals surface area contributed by atoms with Gasteiger partial charge in [-0.25, -0.2) is 4.98 Å². The Balaban J connectivity index is 2.08. The molecule has 3 nitrogen and oxygen atoms in total. The molecule has 84 valence electrons. The molecule has 0 amide bonds. The number of pyridine rings is 1. The van der Waals surface area contributed by atoms with Crippen molar-refractivity contribution in [2.24, 2.45) is 0 Å². The molecular formula is C13H17N3. The van der Waals surface area contributed by atoms with Crippen molar-refractivity contribution < 1.29 is 0 Å². The van der Waals surface area contributed by atoms with E-state index in [2.05, 4.69) is 33.0 Å². The summed E-state index contributed by atoms with van der Waals surface area (Å²) in [5, 5.41) is 3.20. The summed E-state index contributed by atoms with van der Waals surface area (Å²) < 4.78 is 2.26. The molecule has 1 aliphatic rings. The molecule has 0 unspecified atom stereocenters. The van der Waals surface area contributed by atoms with Crippen LogP contribution in [0.25, 0.3) is 5.52 Å². The normalized spacial score (nSPS) is 16.6. The zero-order chi connectivity index (χ0) is 11.0. The lowest BCUT2D eigenvalue weighted by Gasteiger charge is -2.24. The third kappa shape index (κ3) is 1.43. The van der Waals surface area contributed by atoms with Gasteiger partial charge in [-0.05, 0) is 31.5 Å². The Kier molecular flexibility index (Phi) is 2.40. The molecule has 3 rings (SSSR count). The van der Waals surface area contributed by atoms with Crippen LogP contribution in [0.1, 0.15) is 36.6 Å². The third-order valence-electron chi connectivity index (χ3n) is 3.52. The van der Waals surface area contributed by atoms with E-state index in [9.17, 15) is 0 Å². The number of hydrogen-bond donors (Lipinski definition) is 1. The van der Waals surface area contributed by atoms with Gasteiger partial charge in [0.15, 0.2) is 0 Å².